The topological polar surface area (TPSA) is 62.6 Å². The van der Waals surface area contributed by atoms with Gasteiger partial charge in [0.2, 0.25) is 0 Å². The lowest BCUT2D eigenvalue weighted by atomic mass is 10.2. The quantitative estimate of drug-likeness (QED) is 0.685. The Morgan fingerprint density at radius 3 is 2.32 bits per heavy atom. The van der Waals surface area contributed by atoms with E-state index in [0.717, 1.165) is 10.5 Å². The van der Waals surface area contributed by atoms with Gasteiger partial charge in [0.25, 0.3) is 11.8 Å². The molecule has 2 amide bonds. The van der Waals surface area contributed by atoms with Crippen LogP contribution < -0.4 is 15.5 Å². The molecular formula is C18H20Cl2N3O2+. The third kappa shape index (κ3) is 6.74. The van der Waals surface area contributed by atoms with E-state index in [1.807, 2.05) is 30.3 Å². The molecule has 0 aromatic heterocycles. The van der Waals surface area contributed by atoms with Crippen LogP contribution in [0.25, 0.3) is 0 Å². The summed E-state index contributed by atoms with van der Waals surface area (Å²) in [7, 11) is 1.79. The number of halogens is 2. The number of hydrogen-bond acceptors (Lipinski definition) is 2. The number of carbonyl (C=O) groups is 2. The zero-order valence-electron chi connectivity index (χ0n) is 13.8. The normalized spacial score (nSPS) is 11.6. The molecule has 5 nitrogen and oxygen atoms in total. The molecule has 0 spiro atoms. The van der Waals surface area contributed by atoms with Gasteiger partial charge in [-0.1, -0.05) is 53.5 Å². The number of likely N-dealkylation sites (N-methyl/N-ethyl adjacent to an activating group) is 1. The van der Waals surface area contributed by atoms with Crippen molar-refractivity contribution in [2.75, 3.05) is 25.5 Å². The lowest BCUT2D eigenvalue weighted by Crippen LogP contribution is -3.11. The number of quaternary nitrogens is 1. The van der Waals surface area contributed by atoms with E-state index in [4.69, 9.17) is 23.2 Å². The summed E-state index contributed by atoms with van der Waals surface area (Å²) in [6.45, 7) is 0.850. The van der Waals surface area contributed by atoms with Crippen molar-refractivity contribution in [2.24, 2.45) is 0 Å². The van der Waals surface area contributed by atoms with Crippen molar-refractivity contribution in [3.05, 3.63) is 64.1 Å². The number of hydrogen-bond donors (Lipinski definition) is 3. The van der Waals surface area contributed by atoms with Crippen LogP contribution in [-0.4, -0.2) is 32.0 Å². The fraction of sp³-hybridized carbons (Fsp3) is 0.222. The smallest absolute Gasteiger partial charge is 0.279 e. The monoisotopic (exact) mass is 380 g/mol. The Morgan fingerprint density at radius 1 is 0.960 bits per heavy atom. The fourth-order valence-corrected chi connectivity index (χ4v) is 2.55. The standard InChI is InChI=1S/C18H19Cl2N3O2/c1-23(11-17(24)21-10-13-5-3-2-4-6-13)12-18(25)22-14-7-8-15(19)16(20)9-14/h2-9H,10-12H2,1H3,(H,21,24)(H,22,25)/p+1. The van der Waals surface area contributed by atoms with Gasteiger partial charge in [0.15, 0.2) is 13.1 Å². The zero-order valence-corrected chi connectivity index (χ0v) is 15.3. The van der Waals surface area contributed by atoms with E-state index < -0.39 is 0 Å². The Kier molecular flexibility index (Phi) is 7.25. The molecule has 3 N–H and O–H groups in total. The van der Waals surface area contributed by atoms with Crippen LogP contribution in [-0.2, 0) is 16.1 Å². The van der Waals surface area contributed by atoms with Crippen molar-refractivity contribution >= 4 is 40.7 Å². The zero-order chi connectivity index (χ0) is 18.2. The molecule has 0 radical (unpaired) electrons. The molecule has 0 aliphatic rings. The van der Waals surface area contributed by atoms with Gasteiger partial charge < -0.3 is 15.5 Å². The Balaban J connectivity index is 1.74. The summed E-state index contributed by atoms with van der Waals surface area (Å²) in [5.74, 6) is -0.310. The Labute approximate surface area is 156 Å². The minimum Gasteiger partial charge on any atom is -0.347 e. The van der Waals surface area contributed by atoms with E-state index in [1.165, 1.54) is 0 Å². The number of anilines is 1. The maximum Gasteiger partial charge on any atom is 0.279 e. The van der Waals surface area contributed by atoms with Crippen LogP contribution in [0.4, 0.5) is 5.69 Å². The Hall–Kier alpha value is -2.08. The van der Waals surface area contributed by atoms with E-state index in [9.17, 15) is 9.59 Å². The number of rotatable bonds is 7. The van der Waals surface area contributed by atoms with E-state index >= 15 is 0 Å². The van der Waals surface area contributed by atoms with Gasteiger partial charge in [-0.05, 0) is 23.8 Å². The summed E-state index contributed by atoms with van der Waals surface area (Å²) in [4.78, 5) is 24.8. The number of nitrogens with one attached hydrogen (secondary N) is 3. The van der Waals surface area contributed by atoms with Crippen LogP contribution >= 0.6 is 23.2 Å². The fourth-order valence-electron chi connectivity index (χ4n) is 2.25. The molecule has 132 valence electrons. The van der Waals surface area contributed by atoms with E-state index in [-0.39, 0.29) is 24.9 Å². The summed E-state index contributed by atoms with van der Waals surface area (Å²) < 4.78 is 0. The summed E-state index contributed by atoms with van der Waals surface area (Å²) in [5.41, 5.74) is 1.60. The molecule has 7 heteroatoms. The number of benzene rings is 2. The molecule has 0 aliphatic heterocycles. The van der Waals surface area contributed by atoms with Crippen LogP contribution in [0.5, 0.6) is 0 Å². The Bertz CT molecular complexity index is 738. The second kappa shape index (κ2) is 9.42. The summed E-state index contributed by atoms with van der Waals surface area (Å²) >= 11 is 11.8. The van der Waals surface area contributed by atoms with Gasteiger partial charge in [-0.25, -0.2) is 0 Å². The van der Waals surface area contributed by atoms with E-state index in [1.54, 1.807) is 25.2 Å². The molecule has 1 unspecified atom stereocenters. The van der Waals surface area contributed by atoms with Crippen LogP contribution in [0.2, 0.25) is 10.0 Å². The highest BCUT2D eigenvalue weighted by atomic mass is 35.5. The maximum absolute atomic E-state index is 12.0. The molecule has 0 aliphatic carbocycles. The predicted octanol–water partition coefficient (Wildman–Crippen LogP) is 1.76. The van der Waals surface area contributed by atoms with Gasteiger partial charge >= 0.3 is 0 Å². The maximum atomic E-state index is 12.0. The number of amides is 2. The van der Waals surface area contributed by atoms with Gasteiger partial charge in [-0.3, -0.25) is 9.59 Å². The molecule has 2 aromatic carbocycles. The third-order valence-electron chi connectivity index (χ3n) is 3.46. The molecule has 0 saturated heterocycles. The second-order valence-corrected chi connectivity index (χ2v) is 6.56. The Morgan fingerprint density at radius 2 is 1.64 bits per heavy atom. The van der Waals surface area contributed by atoms with Crippen molar-refractivity contribution in [1.82, 2.24) is 5.32 Å². The van der Waals surface area contributed by atoms with Crippen molar-refractivity contribution in [2.45, 2.75) is 6.54 Å². The average molecular weight is 381 g/mol. The lowest BCUT2D eigenvalue weighted by molar-refractivity contribution is -0.862. The van der Waals surface area contributed by atoms with Crippen molar-refractivity contribution in [1.29, 1.82) is 0 Å². The molecule has 2 rings (SSSR count). The number of carbonyl (C=O) groups excluding carboxylic acids is 2. The lowest BCUT2D eigenvalue weighted by Gasteiger charge is -2.14. The van der Waals surface area contributed by atoms with Gasteiger partial charge in [0.05, 0.1) is 17.1 Å². The molecule has 0 heterocycles. The second-order valence-electron chi connectivity index (χ2n) is 5.75. The highest BCUT2D eigenvalue weighted by molar-refractivity contribution is 6.42. The van der Waals surface area contributed by atoms with Crippen LogP contribution in [0.15, 0.2) is 48.5 Å². The molecule has 25 heavy (non-hydrogen) atoms. The van der Waals surface area contributed by atoms with E-state index in [2.05, 4.69) is 10.6 Å². The summed E-state index contributed by atoms with van der Waals surface area (Å²) in [6, 6.07) is 14.5. The highest BCUT2D eigenvalue weighted by Gasteiger charge is 2.14. The molecule has 1 atom stereocenters. The first-order chi connectivity index (χ1) is 11.9. The minimum atomic E-state index is -0.202. The molecule has 0 fully saturated rings. The first-order valence-corrected chi connectivity index (χ1v) is 8.56. The largest absolute Gasteiger partial charge is 0.347 e. The van der Waals surface area contributed by atoms with Crippen LogP contribution in [0.3, 0.4) is 0 Å². The summed E-state index contributed by atoms with van der Waals surface area (Å²) in [6.07, 6.45) is 0. The third-order valence-corrected chi connectivity index (χ3v) is 4.20. The van der Waals surface area contributed by atoms with Gasteiger partial charge in [-0.2, -0.15) is 0 Å². The van der Waals surface area contributed by atoms with Gasteiger partial charge in [-0.15, -0.1) is 0 Å². The minimum absolute atomic E-state index is 0.108. The molecule has 0 bridgehead atoms. The molecule has 2 aromatic rings. The van der Waals surface area contributed by atoms with Gasteiger partial charge in [0, 0.05) is 12.2 Å². The first kappa shape index (κ1) is 19.2. The van der Waals surface area contributed by atoms with Gasteiger partial charge in [0.1, 0.15) is 0 Å². The van der Waals surface area contributed by atoms with Crippen molar-refractivity contribution < 1.29 is 14.5 Å². The van der Waals surface area contributed by atoms with E-state index in [0.29, 0.717) is 22.3 Å². The van der Waals surface area contributed by atoms with Crippen molar-refractivity contribution in [3.63, 3.8) is 0 Å². The van der Waals surface area contributed by atoms with Crippen molar-refractivity contribution in [3.8, 4) is 0 Å². The highest BCUT2D eigenvalue weighted by Crippen LogP contribution is 2.24. The average Bonchev–Trinajstić information content (AvgIpc) is 2.57. The van der Waals surface area contributed by atoms with Crippen LogP contribution in [0.1, 0.15) is 5.56 Å². The molecular weight excluding hydrogens is 361 g/mol. The predicted molar refractivity (Wildman–Crippen MR) is 100 cm³/mol. The van der Waals surface area contributed by atoms with Crippen LogP contribution in [0, 0.1) is 0 Å². The first-order valence-electron chi connectivity index (χ1n) is 7.81. The SMILES string of the molecule is C[NH+](CC(=O)NCc1ccccc1)CC(=O)Nc1ccc(Cl)c(Cl)c1. The summed E-state index contributed by atoms with van der Waals surface area (Å²) in [5, 5.41) is 6.38. The molecule has 0 saturated carbocycles.